The molecule has 0 bridgehead atoms. The Bertz CT molecular complexity index is 348. The minimum atomic E-state index is -2.69. The van der Waals surface area contributed by atoms with E-state index >= 15 is 0 Å². The van der Waals surface area contributed by atoms with Crippen LogP contribution in [-0.2, 0) is 4.79 Å². The van der Waals surface area contributed by atoms with Gasteiger partial charge in [-0.2, -0.15) is 0 Å². The van der Waals surface area contributed by atoms with E-state index in [9.17, 15) is 13.6 Å². The van der Waals surface area contributed by atoms with Gasteiger partial charge in [0.05, 0.1) is 5.71 Å². The van der Waals surface area contributed by atoms with Gasteiger partial charge in [-0.05, 0) is 12.8 Å². The third kappa shape index (κ3) is 2.97. The van der Waals surface area contributed by atoms with Gasteiger partial charge in [0.2, 0.25) is 11.8 Å². The number of alkyl halides is 2. The molecule has 6 heteroatoms. The lowest BCUT2D eigenvalue weighted by Crippen LogP contribution is -2.44. The summed E-state index contributed by atoms with van der Waals surface area (Å²) < 4.78 is 26.6. The predicted molar refractivity (Wildman–Crippen MR) is 61.9 cm³/mol. The summed E-state index contributed by atoms with van der Waals surface area (Å²) in [6, 6.07) is 0. The molecule has 1 aliphatic heterocycles. The molecule has 4 nitrogen and oxygen atoms in total. The largest absolute Gasteiger partial charge is 0.411 e. The van der Waals surface area contributed by atoms with E-state index in [1.54, 1.807) is 4.90 Å². The molecule has 1 amide bonds. The first-order chi connectivity index (χ1) is 8.52. The first-order valence-corrected chi connectivity index (χ1v) is 6.38. The van der Waals surface area contributed by atoms with Crippen LogP contribution < -0.4 is 0 Å². The lowest BCUT2D eigenvalue weighted by atomic mass is 9.85. The molecule has 1 atom stereocenters. The summed E-state index contributed by atoms with van der Waals surface area (Å²) in [5.41, 5.74) is 0.674. The fraction of sp³-hybridized carbons (Fsp3) is 0.833. The molecule has 1 unspecified atom stereocenters. The summed E-state index contributed by atoms with van der Waals surface area (Å²) in [6.45, 7) is 0.945. The van der Waals surface area contributed by atoms with Crippen molar-refractivity contribution in [2.75, 3.05) is 13.1 Å². The average Bonchev–Trinajstić information content (AvgIpc) is 2.37. The Morgan fingerprint density at radius 3 is 2.61 bits per heavy atom. The van der Waals surface area contributed by atoms with Gasteiger partial charge in [-0.15, -0.1) is 0 Å². The molecule has 0 aromatic rings. The molecule has 0 spiro atoms. The molecule has 102 valence electrons. The summed E-state index contributed by atoms with van der Waals surface area (Å²) in [4.78, 5) is 13.8. The monoisotopic (exact) mass is 260 g/mol. The van der Waals surface area contributed by atoms with E-state index in [0.717, 1.165) is 0 Å². The minimum Gasteiger partial charge on any atom is -0.411 e. The molecular weight excluding hydrogens is 242 g/mol. The smallest absolute Gasteiger partial charge is 0.248 e. The topological polar surface area (TPSA) is 52.9 Å². The van der Waals surface area contributed by atoms with Crippen LogP contribution in [0.5, 0.6) is 0 Å². The highest BCUT2D eigenvalue weighted by atomic mass is 19.3. The zero-order valence-electron chi connectivity index (χ0n) is 10.2. The van der Waals surface area contributed by atoms with Gasteiger partial charge in [0.25, 0.3) is 0 Å². The van der Waals surface area contributed by atoms with E-state index in [1.807, 2.05) is 0 Å². The average molecular weight is 260 g/mol. The molecule has 1 heterocycles. The highest BCUT2D eigenvalue weighted by molar-refractivity contribution is 5.87. The van der Waals surface area contributed by atoms with Gasteiger partial charge in [-0.3, -0.25) is 4.79 Å². The Balaban J connectivity index is 1.92. The highest BCUT2D eigenvalue weighted by Crippen LogP contribution is 2.37. The van der Waals surface area contributed by atoms with Crippen LogP contribution in [0.15, 0.2) is 5.16 Å². The number of rotatable bonds is 1. The molecule has 0 aromatic carbocycles. The second-order valence-electron chi connectivity index (χ2n) is 5.14. The molecule has 1 saturated heterocycles. The van der Waals surface area contributed by atoms with Gasteiger partial charge in [0.15, 0.2) is 0 Å². The van der Waals surface area contributed by atoms with Crippen molar-refractivity contribution >= 4 is 11.6 Å². The number of halogens is 2. The highest BCUT2D eigenvalue weighted by Gasteiger charge is 2.40. The number of carbonyl (C=O) groups excluding carboxylic acids is 1. The number of piperidine rings is 1. The number of nitrogens with zero attached hydrogens (tertiary/aromatic N) is 2. The van der Waals surface area contributed by atoms with Crippen molar-refractivity contribution in [3.63, 3.8) is 0 Å². The van der Waals surface area contributed by atoms with Crippen molar-refractivity contribution in [2.24, 2.45) is 11.1 Å². The van der Waals surface area contributed by atoms with Gasteiger partial charge >= 0.3 is 0 Å². The lowest BCUT2D eigenvalue weighted by molar-refractivity contribution is -0.142. The maximum absolute atomic E-state index is 13.3. The fourth-order valence-corrected chi connectivity index (χ4v) is 2.73. The normalized spacial score (nSPS) is 28.0. The van der Waals surface area contributed by atoms with E-state index in [2.05, 4.69) is 5.16 Å². The van der Waals surface area contributed by atoms with E-state index in [0.29, 0.717) is 44.5 Å². The van der Waals surface area contributed by atoms with E-state index < -0.39 is 11.8 Å². The van der Waals surface area contributed by atoms with E-state index in [-0.39, 0.29) is 18.7 Å². The molecule has 0 aromatic heterocycles. The zero-order chi connectivity index (χ0) is 13.2. The molecule has 0 radical (unpaired) electrons. The van der Waals surface area contributed by atoms with Crippen LogP contribution in [0.2, 0.25) is 0 Å². The first-order valence-electron chi connectivity index (χ1n) is 6.38. The Hall–Kier alpha value is -1.20. The van der Waals surface area contributed by atoms with Crippen LogP contribution in [0.3, 0.4) is 0 Å². The van der Waals surface area contributed by atoms with Gasteiger partial charge in [0, 0.05) is 44.7 Å². The number of amides is 1. The quantitative estimate of drug-likeness (QED) is 0.581. The number of likely N-dealkylation sites (tertiary alicyclic amines) is 1. The summed E-state index contributed by atoms with van der Waals surface area (Å²) >= 11 is 0. The van der Waals surface area contributed by atoms with Crippen molar-refractivity contribution in [1.29, 1.82) is 0 Å². The molecule has 18 heavy (non-hydrogen) atoms. The molecule has 1 saturated carbocycles. The first kappa shape index (κ1) is 13.2. The number of hydrogen-bond acceptors (Lipinski definition) is 3. The van der Waals surface area contributed by atoms with E-state index in [4.69, 9.17) is 5.21 Å². The predicted octanol–water partition coefficient (Wildman–Crippen LogP) is 2.26. The van der Waals surface area contributed by atoms with Crippen LogP contribution in [0.1, 0.15) is 38.5 Å². The zero-order valence-corrected chi connectivity index (χ0v) is 10.2. The Morgan fingerprint density at radius 2 is 2.06 bits per heavy atom. The molecule has 2 fully saturated rings. The number of carbonyl (C=O) groups is 1. The number of hydrogen-bond donors (Lipinski definition) is 1. The van der Waals surface area contributed by atoms with Crippen molar-refractivity contribution in [3.05, 3.63) is 0 Å². The molecule has 2 rings (SSSR count). The summed E-state index contributed by atoms with van der Waals surface area (Å²) in [5, 5.41) is 11.8. The van der Waals surface area contributed by atoms with Gasteiger partial charge in [0.1, 0.15) is 0 Å². The Kier molecular flexibility index (Phi) is 3.82. The molecule has 1 aliphatic carbocycles. The van der Waals surface area contributed by atoms with Crippen LogP contribution in [-0.4, -0.2) is 40.7 Å². The Labute approximate surface area is 105 Å². The molecule has 2 aliphatic rings. The van der Waals surface area contributed by atoms with Crippen LogP contribution >= 0.6 is 0 Å². The summed E-state index contributed by atoms with van der Waals surface area (Å²) in [6.07, 6.45) is 1.63. The SMILES string of the molecule is O=C(C1CCCC(F)(F)C1)N1CCC(=NO)CC1. The minimum absolute atomic E-state index is 0.0991. The van der Waals surface area contributed by atoms with Crippen LogP contribution in [0.25, 0.3) is 0 Å². The molecular formula is C12H18F2N2O2. The van der Waals surface area contributed by atoms with Gasteiger partial charge in [-0.1, -0.05) is 5.16 Å². The van der Waals surface area contributed by atoms with Gasteiger partial charge in [-0.25, -0.2) is 8.78 Å². The summed E-state index contributed by atoms with van der Waals surface area (Å²) in [5.74, 6) is -3.39. The third-order valence-corrected chi connectivity index (χ3v) is 3.78. The third-order valence-electron chi connectivity index (χ3n) is 3.78. The number of oxime groups is 1. The van der Waals surface area contributed by atoms with Crippen LogP contribution in [0, 0.1) is 5.92 Å². The van der Waals surface area contributed by atoms with Gasteiger partial charge < -0.3 is 10.1 Å². The van der Waals surface area contributed by atoms with Crippen molar-refractivity contribution in [1.82, 2.24) is 4.90 Å². The standard InChI is InChI=1S/C12H18F2N2O2/c13-12(14)5-1-2-9(8-12)11(17)16-6-3-10(15-18)4-7-16/h9,18H,1-8H2. The lowest BCUT2D eigenvalue weighted by Gasteiger charge is -2.34. The maximum atomic E-state index is 13.3. The van der Waals surface area contributed by atoms with Crippen molar-refractivity contribution in [2.45, 2.75) is 44.4 Å². The fourth-order valence-electron chi connectivity index (χ4n) is 2.73. The Morgan fingerprint density at radius 1 is 1.39 bits per heavy atom. The van der Waals surface area contributed by atoms with Crippen molar-refractivity contribution < 1.29 is 18.8 Å². The second kappa shape index (κ2) is 5.20. The molecule has 1 N–H and O–H groups in total. The second-order valence-corrected chi connectivity index (χ2v) is 5.14. The van der Waals surface area contributed by atoms with Crippen molar-refractivity contribution in [3.8, 4) is 0 Å². The maximum Gasteiger partial charge on any atom is 0.248 e. The van der Waals surface area contributed by atoms with E-state index in [1.165, 1.54) is 0 Å². The van der Waals surface area contributed by atoms with Crippen LogP contribution in [0.4, 0.5) is 8.78 Å². The summed E-state index contributed by atoms with van der Waals surface area (Å²) in [7, 11) is 0.